The van der Waals surface area contributed by atoms with Crippen molar-refractivity contribution in [3.63, 3.8) is 0 Å². The smallest absolute Gasteiger partial charge is 0.338 e. The van der Waals surface area contributed by atoms with Crippen LogP contribution in [0.25, 0.3) is 0 Å². The lowest BCUT2D eigenvalue weighted by molar-refractivity contribution is -0.129. The molecule has 1 aliphatic carbocycles. The zero-order valence-electron chi connectivity index (χ0n) is 13.5. The maximum atomic E-state index is 12.1. The molecule has 1 aromatic heterocycles. The molecule has 1 saturated carbocycles. The molecule has 0 amide bonds. The first-order valence-electron chi connectivity index (χ1n) is 7.99. The molecule has 24 heavy (non-hydrogen) atoms. The summed E-state index contributed by atoms with van der Waals surface area (Å²) < 4.78 is 11.0. The zero-order chi connectivity index (χ0) is 16.9. The van der Waals surface area contributed by atoms with Crippen LogP contribution in [0.3, 0.4) is 0 Å². The number of esters is 1. The number of benzene rings is 1. The average molecular weight is 345 g/mol. The summed E-state index contributed by atoms with van der Waals surface area (Å²) in [5, 5.41) is 2.96. The Hall–Kier alpha value is -2.21. The number of hydrogen-bond donors (Lipinski definition) is 0. The summed E-state index contributed by atoms with van der Waals surface area (Å²) in [6.07, 6.45) is 2.35. The van der Waals surface area contributed by atoms with Crippen LogP contribution in [-0.4, -0.2) is 22.8 Å². The van der Waals surface area contributed by atoms with E-state index < -0.39 is 12.1 Å². The van der Waals surface area contributed by atoms with Gasteiger partial charge in [0.1, 0.15) is 12.4 Å². The van der Waals surface area contributed by atoms with Gasteiger partial charge in [-0.15, -0.1) is 11.3 Å². The fraction of sp³-hybridized carbons (Fsp3) is 0.389. The quantitative estimate of drug-likeness (QED) is 0.773. The van der Waals surface area contributed by atoms with Gasteiger partial charge in [0.2, 0.25) is 0 Å². The van der Waals surface area contributed by atoms with Crippen LogP contribution >= 0.6 is 11.3 Å². The lowest BCUT2D eigenvalue weighted by Gasteiger charge is -2.20. The molecule has 1 heterocycles. The molecule has 2 aromatic rings. The molecule has 0 spiro atoms. The number of ether oxygens (including phenoxy) is 2. The highest BCUT2D eigenvalue weighted by molar-refractivity contribution is 7.09. The van der Waals surface area contributed by atoms with Gasteiger partial charge in [-0.05, 0) is 50.5 Å². The van der Waals surface area contributed by atoms with Gasteiger partial charge < -0.3 is 9.47 Å². The molecule has 1 atom stereocenters. The minimum absolute atomic E-state index is 0.0214. The summed E-state index contributed by atoms with van der Waals surface area (Å²) in [6.45, 7) is 2.34. The number of thiazole rings is 1. The van der Waals surface area contributed by atoms with Gasteiger partial charge in [-0.3, -0.25) is 4.79 Å². The van der Waals surface area contributed by atoms with Crippen molar-refractivity contribution in [2.45, 2.75) is 45.3 Å². The number of rotatable bonds is 5. The summed E-state index contributed by atoms with van der Waals surface area (Å²) >= 11 is 1.58. The van der Waals surface area contributed by atoms with Gasteiger partial charge in [-0.25, -0.2) is 9.78 Å². The monoisotopic (exact) mass is 345 g/mol. The first kappa shape index (κ1) is 16.6. The van der Waals surface area contributed by atoms with Gasteiger partial charge in [0.05, 0.1) is 16.3 Å². The minimum Gasteiger partial charge on any atom is -0.487 e. The fourth-order valence-electron chi connectivity index (χ4n) is 2.59. The summed E-state index contributed by atoms with van der Waals surface area (Å²) in [7, 11) is 0. The van der Waals surface area contributed by atoms with Gasteiger partial charge >= 0.3 is 5.97 Å². The van der Waals surface area contributed by atoms with Crippen molar-refractivity contribution in [3.05, 3.63) is 45.9 Å². The number of Topliss-reactive ketones (excluding diaryl/α,β-unsaturated/α-hetero) is 1. The molecular weight excluding hydrogens is 326 g/mol. The second-order valence-corrected chi connectivity index (χ2v) is 6.84. The Kier molecular flexibility index (Phi) is 5.25. The minimum atomic E-state index is -0.588. The molecule has 0 unspecified atom stereocenters. The number of carbonyl (C=O) groups excluding carboxylic acids is 2. The highest BCUT2D eigenvalue weighted by Crippen LogP contribution is 2.20. The predicted molar refractivity (Wildman–Crippen MR) is 90.3 cm³/mol. The molecule has 1 aliphatic rings. The van der Waals surface area contributed by atoms with Gasteiger partial charge in [-0.2, -0.15) is 0 Å². The third-order valence-corrected chi connectivity index (χ3v) is 4.71. The van der Waals surface area contributed by atoms with E-state index in [1.807, 2.05) is 12.3 Å². The zero-order valence-corrected chi connectivity index (χ0v) is 14.3. The number of hydrogen-bond acceptors (Lipinski definition) is 6. The van der Waals surface area contributed by atoms with E-state index in [0.29, 0.717) is 30.8 Å². The van der Waals surface area contributed by atoms with E-state index in [4.69, 9.17) is 9.47 Å². The van der Waals surface area contributed by atoms with Crippen LogP contribution in [-0.2, 0) is 16.1 Å². The highest BCUT2D eigenvalue weighted by Gasteiger charge is 2.26. The molecule has 0 N–H and O–H groups in total. The lowest BCUT2D eigenvalue weighted by Crippen LogP contribution is -2.30. The number of aryl methyl sites for hydroxylation is 1. The normalized spacial score (nSPS) is 17.5. The number of ketones is 1. The Bertz CT molecular complexity index is 723. The van der Waals surface area contributed by atoms with E-state index in [-0.39, 0.29) is 5.78 Å². The van der Waals surface area contributed by atoms with Crippen molar-refractivity contribution < 1.29 is 19.1 Å². The van der Waals surface area contributed by atoms with Crippen LogP contribution in [0, 0.1) is 6.92 Å². The number of aromatic nitrogens is 1. The standard InChI is InChI=1S/C18H19NO4S/c1-12-19-14(11-24-12)10-22-15-8-6-13(7-9-15)18(21)23-17-5-3-2-4-16(17)20/h6-9,11,17H,2-5,10H2,1H3/t17-/m0/s1. The average Bonchev–Trinajstić information content (AvgIpc) is 3.01. The first-order valence-corrected chi connectivity index (χ1v) is 8.87. The van der Waals surface area contributed by atoms with Crippen LogP contribution in [0.4, 0.5) is 0 Å². The predicted octanol–water partition coefficient (Wildman–Crippen LogP) is 3.70. The van der Waals surface area contributed by atoms with Crippen LogP contribution in [0.1, 0.15) is 46.7 Å². The van der Waals surface area contributed by atoms with E-state index in [0.717, 1.165) is 23.5 Å². The third-order valence-electron chi connectivity index (χ3n) is 3.89. The molecule has 6 heteroatoms. The SMILES string of the molecule is Cc1nc(COc2ccc(C(=O)O[C@H]3CCCCC3=O)cc2)cs1. The molecule has 0 bridgehead atoms. The van der Waals surface area contributed by atoms with E-state index >= 15 is 0 Å². The second-order valence-electron chi connectivity index (χ2n) is 5.78. The molecule has 5 nitrogen and oxygen atoms in total. The Morgan fingerprint density at radius 3 is 2.75 bits per heavy atom. The Balaban J connectivity index is 1.55. The maximum absolute atomic E-state index is 12.1. The van der Waals surface area contributed by atoms with Gasteiger partial charge in [-0.1, -0.05) is 0 Å². The molecular formula is C18H19NO4S. The van der Waals surface area contributed by atoms with Crippen LogP contribution in [0.5, 0.6) is 5.75 Å². The van der Waals surface area contributed by atoms with Gasteiger partial charge in [0, 0.05) is 11.8 Å². The molecule has 0 saturated heterocycles. The third kappa shape index (κ3) is 4.20. The van der Waals surface area contributed by atoms with Crippen molar-refractivity contribution >= 4 is 23.1 Å². The van der Waals surface area contributed by atoms with Crippen molar-refractivity contribution in [1.82, 2.24) is 4.98 Å². The summed E-state index contributed by atoms with van der Waals surface area (Å²) in [5.41, 5.74) is 1.31. The Morgan fingerprint density at radius 2 is 2.08 bits per heavy atom. The van der Waals surface area contributed by atoms with E-state index in [1.165, 1.54) is 0 Å². The summed E-state index contributed by atoms with van der Waals surface area (Å²) in [5.74, 6) is 0.219. The molecule has 0 radical (unpaired) electrons. The van der Waals surface area contributed by atoms with Crippen LogP contribution in [0.2, 0.25) is 0 Å². The van der Waals surface area contributed by atoms with Crippen LogP contribution in [0.15, 0.2) is 29.6 Å². The van der Waals surface area contributed by atoms with Gasteiger partial charge in [0.15, 0.2) is 11.9 Å². The Labute approximate surface area is 144 Å². The molecule has 3 rings (SSSR count). The highest BCUT2D eigenvalue weighted by atomic mass is 32.1. The lowest BCUT2D eigenvalue weighted by atomic mass is 9.96. The molecule has 0 aliphatic heterocycles. The Morgan fingerprint density at radius 1 is 1.29 bits per heavy atom. The first-order chi connectivity index (χ1) is 11.6. The van der Waals surface area contributed by atoms with Crippen molar-refractivity contribution in [3.8, 4) is 5.75 Å². The van der Waals surface area contributed by atoms with Crippen LogP contribution < -0.4 is 4.74 Å². The number of carbonyl (C=O) groups is 2. The van der Waals surface area contributed by atoms with Crippen molar-refractivity contribution in [2.24, 2.45) is 0 Å². The molecule has 1 aromatic carbocycles. The van der Waals surface area contributed by atoms with Crippen molar-refractivity contribution in [2.75, 3.05) is 0 Å². The second kappa shape index (κ2) is 7.57. The fourth-order valence-corrected chi connectivity index (χ4v) is 3.19. The summed E-state index contributed by atoms with van der Waals surface area (Å²) in [6, 6.07) is 6.74. The maximum Gasteiger partial charge on any atom is 0.338 e. The largest absolute Gasteiger partial charge is 0.487 e. The van der Waals surface area contributed by atoms with E-state index in [9.17, 15) is 9.59 Å². The topological polar surface area (TPSA) is 65.5 Å². The van der Waals surface area contributed by atoms with E-state index in [1.54, 1.807) is 35.6 Å². The van der Waals surface area contributed by atoms with Crippen molar-refractivity contribution in [1.29, 1.82) is 0 Å². The van der Waals surface area contributed by atoms with E-state index in [2.05, 4.69) is 4.98 Å². The number of nitrogens with zero attached hydrogens (tertiary/aromatic N) is 1. The molecule has 1 fully saturated rings. The van der Waals surface area contributed by atoms with Gasteiger partial charge in [0.25, 0.3) is 0 Å². The summed E-state index contributed by atoms with van der Waals surface area (Å²) in [4.78, 5) is 28.2. The molecule has 126 valence electrons.